The average Bonchev–Trinajstić information content (AvgIpc) is 2.72. The zero-order chi connectivity index (χ0) is 20.9. The maximum Gasteiger partial charge on any atom is 0.229 e. The van der Waals surface area contributed by atoms with Gasteiger partial charge < -0.3 is 10.0 Å². The van der Waals surface area contributed by atoms with Crippen LogP contribution in [-0.4, -0.2) is 61.2 Å². The van der Waals surface area contributed by atoms with Crippen molar-refractivity contribution in [2.45, 2.75) is 25.4 Å². The van der Waals surface area contributed by atoms with Crippen molar-refractivity contribution in [3.8, 4) is 0 Å². The lowest BCUT2D eigenvalue weighted by atomic mass is 9.87. The van der Waals surface area contributed by atoms with E-state index < -0.39 is 16.1 Å². The molecule has 1 fully saturated rings. The van der Waals surface area contributed by atoms with Gasteiger partial charge in [-0.05, 0) is 68.2 Å². The third-order valence-electron chi connectivity index (χ3n) is 5.23. The molecule has 0 aliphatic carbocycles. The molecule has 8 heteroatoms. The minimum absolute atomic E-state index is 0.0672. The average molecular weight is 418 g/mol. The largest absolute Gasteiger partial charge is 0.385 e. The molecule has 1 unspecified atom stereocenters. The molecular weight excluding hydrogens is 390 g/mol. The Kier molecular flexibility index (Phi) is 7.00. The van der Waals surface area contributed by atoms with Crippen molar-refractivity contribution in [3.63, 3.8) is 0 Å². The number of aromatic nitrogens is 1. The van der Waals surface area contributed by atoms with E-state index in [2.05, 4.69) is 14.6 Å². The predicted octanol–water partition coefficient (Wildman–Crippen LogP) is 1.95. The van der Waals surface area contributed by atoms with Gasteiger partial charge in [0.1, 0.15) is 6.10 Å². The van der Waals surface area contributed by atoms with Gasteiger partial charge in [-0.3, -0.25) is 14.5 Å². The van der Waals surface area contributed by atoms with Crippen LogP contribution < -0.4 is 4.72 Å². The zero-order valence-electron chi connectivity index (χ0n) is 16.5. The Morgan fingerprint density at radius 2 is 1.90 bits per heavy atom. The first kappa shape index (κ1) is 21.4. The summed E-state index contributed by atoms with van der Waals surface area (Å²) in [6, 6.07) is 12.1. The second-order valence-electron chi connectivity index (χ2n) is 7.51. The molecule has 1 atom stereocenters. The molecule has 7 nitrogen and oxygen atoms in total. The number of piperidine rings is 1. The molecule has 0 saturated carbocycles. The molecule has 0 radical (unpaired) electrons. The number of rotatable bonds is 8. The summed E-state index contributed by atoms with van der Waals surface area (Å²) in [6.45, 7) is 2.61. The number of nitrogens with one attached hydrogen (secondary N) is 1. The Hall–Kier alpha value is -2.29. The summed E-state index contributed by atoms with van der Waals surface area (Å²) in [6.07, 6.45) is 4.25. The second kappa shape index (κ2) is 9.47. The van der Waals surface area contributed by atoms with Crippen molar-refractivity contribution in [2.75, 3.05) is 30.6 Å². The maximum absolute atomic E-state index is 12.6. The van der Waals surface area contributed by atoms with Gasteiger partial charge in [0, 0.05) is 36.1 Å². The first-order valence-electron chi connectivity index (χ1n) is 9.74. The van der Waals surface area contributed by atoms with Crippen LogP contribution in [0.4, 0.5) is 5.69 Å². The Balaban J connectivity index is 1.49. The number of hydrogen-bond acceptors (Lipinski definition) is 6. The number of aliphatic hydroxyl groups is 1. The summed E-state index contributed by atoms with van der Waals surface area (Å²) in [4.78, 5) is 19.3. The number of aliphatic hydroxyl groups excluding tert-OH is 1. The van der Waals surface area contributed by atoms with Gasteiger partial charge >= 0.3 is 0 Å². The van der Waals surface area contributed by atoms with E-state index in [9.17, 15) is 18.3 Å². The van der Waals surface area contributed by atoms with Crippen LogP contribution in [0.1, 0.15) is 28.9 Å². The Morgan fingerprint density at radius 1 is 1.21 bits per heavy atom. The van der Waals surface area contributed by atoms with E-state index in [4.69, 9.17) is 0 Å². The molecule has 1 saturated heterocycles. The van der Waals surface area contributed by atoms with Crippen molar-refractivity contribution >= 4 is 21.5 Å². The van der Waals surface area contributed by atoms with Crippen molar-refractivity contribution in [2.24, 2.45) is 5.92 Å². The third-order valence-corrected chi connectivity index (χ3v) is 5.84. The topological polar surface area (TPSA) is 99.6 Å². The Morgan fingerprint density at radius 3 is 2.48 bits per heavy atom. The van der Waals surface area contributed by atoms with Crippen LogP contribution in [0.2, 0.25) is 0 Å². The Bertz CT molecular complexity index is 909. The molecule has 1 aromatic heterocycles. The number of benzene rings is 1. The standard InChI is InChI=1S/C21H27N3O4S/c1-29(27,28)23-19-7-5-16(6-8-19)20(25)21(26)17-9-13-24(14-10-17)15-11-18-4-2-3-12-22-18/h2-8,12,17,21,23,26H,9-11,13-15H2,1H3. The lowest BCUT2D eigenvalue weighted by Crippen LogP contribution is -2.41. The number of nitrogens with zero attached hydrogens (tertiary/aromatic N) is 2. The number of hydrogen-bond donors (Lipinski definition) is 2. The number of pyridine rings is 1. The molecule has 3 rings (SSSR count). The number of anilines is 1. The van der Waals surface area contributed by atoms with E-state index in [1.165, 1.54) is 12.1 Å². The monoisotopic (exact) mass is 417 g/mol. The molecule has 2 heterocycles. The molecule has 1 aliphatic rings. The van der Waals surface area contributed by atoms with Gasteiger partial charge in [-0.2, -0.15) is 0 Å². The summed E-state index contributed by atoms with van der Waals surface area (Å²) < 4.78 is 24.9. The van der Waals surface area contributed by atoms with Crippen LogP contribution >= 0.6 is 0 Å². The van der Waals surface area contributed by atoms with Gasteiger partial charge in [0.05, 0.1) is 6.26 Å². The van der Waals surface area contributed by atoms with E-state index >= 15 is 0 Å². The van der Waals surface area contributed by atoms with Crippen LogP contribution in [0, 0.1) is 5.92 Å². The van der Waals surface area contributed by atoms with E-state index in [0.717, 1.165) is 50.8 Å². The fourth-order valence-corrected chi connectivity index (χ4v) is 4.18. The number of ketones is 1. The van der Waals surface area contributed by atoms with E-state index in [0.29, 0.717) is 11.3 Å². The fraction of sp³-hybridized carbons (Fsp3) is 0.429. The highest BCUT2D eigenvalue weighted by molar-refractivity contribution is 7.92. The van der Waals surface area contributed by atoms with Gasteiger partial charge in [0.2, 0.25) is 10.0 Å². The molecule has 1 aliphatic heterocycles. The van der Waals surface area contributed by atoms with Crippen LogP contribution in [-0.2, 0) is 16.4 Å². The van der Waals surface area contributed by atoms with Gasteiger partial charge in [-0.1, -0.05) is 6.07 Å². The highest BCUT2D eigenvalue weighted by Crippen LogP contribution is 2.24. The van der Waals surface area contributed by atoms with E-state index in [1.807, 2.05) is 18.2 Å². The number of likely N-dealkylation sites (tertiary alicyclic amines) is 1. The van der Waals surface area contributed by atoms with Crippen LogP contribution in [0.25, 0.3) is 0 Å². The number of carbonyl (C=O) groups excluding carboxylic acids is 1. The van der Waals surface area contributed by atoms with Crippen LogP contribution in [0.15, 0.2) is 48.7 Å². The molecule has 1 aromatic carbocycles. The molecule has 0 amide bonds. The zero-order valence-corrected chi connectivity index (χ0v) is 17.3. The third kappa shape index (κ3) is 6.35. The first-order chi connectivity index (χ1) is 13.8. The van der Waals surface area contributed by atoms with Gasteiger partial charge in [0.15, 0.2) is 5.78 Å². The molecular formula is C21H27N3O4S. The molecule has 156 valence electrons. The van der Waals surface area contributed by atoms with Crippen molar-refractivity contribution in [1.29, 1.82) is 0 Å². The first-order valence-corrected chi connectivity index (χ1v) is 11.6. The lowest BCUT2D eigenvalue weighted by molar-refractivity contribution is 0.0444. The summed E-state index contributed by atoms with van der Waals surface area (Å²) >= 11 is 0. The van der Waals surface area contributed by atoms with Crippen LogP contribution in [0.3, 0.4) is 0 Å². The number of carbonyl (C=O) groups is 1. The van der Waals surface area contributed by atoms with Crippen molar-refractivity contribution < 1.29 is 18.3 Å². The van der Waals surface area contributed by atoms with Gasteiger partial charge in [0.25, 0.3) is 0 Å². The van der Waals surface area contributed by atoms with Gasteiger partial charge in [-0.15, -0.1) is 0 Å². The fourth-order valence-electron chi connectivity index (χ4n) is 3.61. The summed E-state index contributed by atoms with van der Waals surface area (Å²) in [5.74, 6) is -0.384. The highest BCUT2D eigenvalue weighted by Gasteiger charge is 2.30. The number of sulfonamides is 1. The smallest absolute Gasteiger partial charge is 0.229 e. The Labute approximate surface area is 171 Å². The normalized spacial score (nSPS) is 17.0. The molecule has 2 N–H and O–H groups in total. The van der Waals surface area contributed by atoms with E-state index in [1.54, 1.807) is 18.3 Å². The van der Waals surface area contributed by atoms with E-state index in [-0.39, 0.29) is 11.7 Å². The second-order valence-corrected chi connectivity index (χ2v) is 9.26. The molecule has 29 heavy (non-hydrogen) atoms. The summed E-state index contributed by atoms with van der Waals surface area (Å²) in [5.41, 5.74) is 1.84. The summed E-state index contributed by atoms with van der Waals surface area (Å²) in [5, 5.41) is 10.6. The molecule has 2 aromatic rings. The SMILES string of the molecule is CS(=O)(=O)Nc1ccc(C(=O)C(O)C2CCN(CCc3ccccn3)CC2)cc1. The molecule has 0 spiro atoms. The van der Waals surface area contributed by atoms with Crippen molar-refractivity contribution in [3.05, 3.63) is 59.9 Å². The van der Waals surface area contributed by atoms with Crippen molar-refractivity contribution in [1.82, 2.24) is 9.88 Å². The maximum atomic E-state index is 12.6. The summed E-state index contributed by atoms with van der Waals surface area (Å²) in [7, 11) is -3.36. The minimum atomic E-state index is -3.36. The minimum Gasteiger partial charge on any atom is -0.385 e. The quantitative estimate of drug-likeness (QED) is 0.637. The van der Waals surface area contributed by atoms with Gasteiger partial charge in [-0.25, -0.2) is 8.42 Å². The van der Waals surface area contributed by atoms with Crippen LogP contribution in [0.5, 0.6) is 0 Å². The highest BCUT2D eigenvalue weighted by atomic mass is 32.2. The molecule has 0 bridgehead atoms. The lowest BCUT2D eigenvalue weighted by Gasteiger charge is -2.33. The number of Topliss-reactive ketones (excluding diaryl/α,β-unsaturated/α-hetero) is 1. The predicted molar refractivity (Wildman–Crippen MR) is 112 cm³/mol.